The van der Waals surface area contributed by atoms with Crippen LogP contribution in [0.4, 0.5) is 0 Å². The predicted molar refractivity (Wildman–Crippen MR) is 155 cm³/mol. The molecule has 0 spiro atoms. The number of hydrogen-bond acceptors (Lipinski definition) is 4. The van der Waals surface area contributed by atoms with Crippen LogP contribution in [0.2, 0.25) is 0 Å². The van der Waals surface area contributed by atoms with Gasteiger partial charge in [0.1, 0.15) is 0 Å². The Kier molecular flexibility index (Phi) is 6.97. The third-order valence-electron chi connectivity index (χ3n) is 14.2. The van der Waals surface area contributed by atoms with Crippen molar-refractivity contribution in [2.75, 3.05) is 20.7 Å². The molecule has 0 unspecified atom stereocenters. The van der Waals surface area contributed by atoms with Gasteiger partial charge in [-0.05, 0) is 109 Å². The molecule has 5 heteroatoms. The van der Waals surface area contributed by atoms with Crippen LogP contribution in [-0.4, -0.2) is 48.7 Å². The molecule has 5 nitrogen and oxygen atoms in total. The van der Waals surface area contributed by atoms with Gasteiger partial charge < -0.3 is 14.7 Å². The number of nitrogens with zero attached hydrogens (tertiary/aromatic N) is 1. The largest absolute Gasteiger partial charge is 0.455 e. The SMILES string of the molecule is C[C@H]1[C@H](C)CC[C@]2(C(=O)OCC(=O)N(C)C)CC[C@]3(C)C(=CC[C@@H]4[C@@]5(C)CC[C@H](O)C(C)(C)[C@@H]5CC[C@]43C)[C@H]12. The molecule has 0 radical (unpaired) electrons. The van der Waals surface area contributed by atoms with Gasteiger partial charge in [0.15, 0.2) is 6.61 Å². The summed E-state index contributed by atoms with van der Waals surface area (Å²) in [6.45, 7) is 16.8. The van der Waals surface area contributed by atoms with Gasteiger partial charge in [0, 0.05) is 14.1 Å². The molecule has 0 heterocycles. The second-order valence-electron chi connectivity index (χ2n) is 16.0. The molecule has 0 aromatic carbocycles. The molecule has 5 aliphatic rings. The number of esters is 1. The standard InChI is InChI=1S/C34H55NO4/c1-21-12-17-34(29(38)39-20-27(37)35(8)9)19-18-32(6)23(28(34)22(21)2)10-11-25-31(5)15-14-26(36)30(3,4)24(31)13-16-33(25,32)7/h10,21-22,24-26,28,36H,11-20H2,1-9H3/t21-,22+,24+,25-,26+,28+,31+,32-,33-,34+/m1/s1. The number of rotatable bonds is 3. The molecule has 220 valence electrons. The zero-order valence-corrected chi connectivity index (χ0v) is 26.2. The van der Waals surface area contributed by atoms with Gasteiger partial charge in [0.05, 0.1) is 11.5 Å². The monoisotopic (exact) mass is 541 g/mol. The molecule has 0 aromatic heterocycles. The topological polar surface area (TPSA) is 66.8 Å². The number of ether oxygens (including phenoxy) is 1. The van der Waals surface area contributed by atoms with E-state index < -0.39 is 5.41 Å². The van der Waals surface area contributed by atoms with E-state index >= 15 is 0 Å². The molecule has 4 saturated carbocycles. The third kappa shape index (κ3) is 3.87. The summed E-state index contributed by atoms with van der Waals surface area (Å²) in [4.78, 5) is 27.8. The maximum absolute atomic E-state index is 14.0. The first-order valence-electron chi connectivity index (χ1n) is 15.8. The Balaban J connectivity index is 1.54. The fraction of sp³-hybridized carbons (Fsp3) is 0.882. The van der Waals surface area contributed by atoms with Crippen LogP contribution in [0, 0.1) is 56.7 Å². The first-order valence-corrected chi connectivity index (χ1v) is 15.8. The second kappa shape index (κ2) is 9.33. The van der Waals surface area contributed by atoms with Gasteiger partial charge in [-0.25, -0.2) is 0 Å². The summed E-state index contributed by atoms with van der Waals surface area (Å²) in [6.07, 6.45) is 11.6. The number of fused-ring (bicyclic) bond motifs is 7. The Morgan fingerprint density at radius 1 is 0.949 bits per heavy atom. The van der Waals surface area contributed by atoms with Gasteiger partial charge in [-0.15, -0.1) is 0 Å². The molecule has 0 saturated heterocycles. The fourth-order valence-corrected chi connectivity index (χ4v) is 11.2. The van der Waals surface area contributed by atoms with Crippen molar-refractivity contribution >= 4 is 11.9 Å². The first-order chi connectivity index (χ1) is 18.1. The Hall–Kier alpha value is -1.36. The molecule has 0 bridgehead atoms. The van der Waals surface area contributed by atoms with Gasteiger partial charge >= 0.3 is 5.97 Å². The minimum absolute atomic E-state index is 0.0450. The van der Waals surface area contributed by atoms with Gasteiger partial charge in [0.25, 0.3) is 5.91 Å². The molecule has 1 amide bonds. The van der Waals surface area contributed by atoms with Gasteiger partial charge in [-0.3, -0.25) is 9.59 Å². The summed E-state index contributed by atoms with van der Waals surface area (Å²) >= 11 is 0. The average molecular weight is 542 g/mol. The van der Waals surface area contributed by atoms with Crippen LogP contribution >= 0.6 is 0 Å². The zero-order valence-electron chi connectivity index (χ0n) is 26.2. The van der Waals surface area contributed by atoms with Crippen molar-refractivity contribution in [3.8, 4) is 0 Å². The Morgan fingerprint density at radius 2 is 1.64 bits per heavy atom. The molecule has 0 aliphatic heterocycles. The van der Waals surface area contributed by atoms with Gasteiger partial charge in [-0.1, -0.05) is 60.1 Å². The summed E-state index contributed by atoms with van der Waals surface area (Å²) in [5.41, 5.74) is 1.38. The highest BCUT2D eigenvalue weighted by Crippen LogP contribution is 2.75. The van der Waals surface area contributed by atoms with E-state index in [2.05, 4.69) is 54.5 Å². The summed E-state index contributed by atoms with van der Waals surface area (Å²) in [5.74, 6) is 1.94. The highest BCUT2D eigenvalue weighted by molar-refractivity contribution is 5.83. The van der Waals surface area contributed by atoms with E-state index in [1.165, 1.54) is 23.3 Å². The van der Waals surface area contributed by atoms with E-state index in [0.717, 1.165) is 44.9 Å². The number of likely N-dealkylation sites (N-methyl/N-ethyl adjacent to an activating group) is 1. The number of amides is 1. The molecule has 39 heavy (non-hydrogen) atoms. The van der Waals surface area contributed by atoms with Crippen molar-refractivity contribution in [3.05, 3.63) is 11.6 Å². The molecule has 1 N–H and O–H groups in total. The van der Waals surface area contributed by atoms with Gasteiger partial charge in [0.2, 0.25) is 0 Å². The van der Waals surface area contributed by atoms with E-state index in [9.17, 15) is 14.7 Å². The predicted octanol–water partition coefficient (Wildman–Crippen LogP) is 6.64. The number of aliphatic hydroxyl groups excluding tert-OH is 1. The van der Waals surface area contributed by atoms with Crippen molar-refractivity contribution in [1.29, 1.82) is 0 Å². The van der Waals surface area contributed by atoms with Crippen LogP contribution < -0.4 is 0 Å². The highest BCUT2D eigenvalue weighted by Gasteiger charge is 2.69. The van der Waals surface area contributed by atoms with E-state index in [4.69, 9.17) is 4.74 Å². The number of hydrogen-bond donors (Lipinski definition) is 1. The Morgan fingerprint density at radius 3 is 2.31 bits per heavy atom. The van der Waals surface area contributed by atoms with E-state index in [1.54, 1.807) is 14.1 Å². The second-order valence-corrected chi connectivity index (χ2v) is 16.0. The van der Waals surface area contributed by atoms with Crippen LogP contribution in [0.5, 0.6) is 0 Å². The Labute approximate surface area is 237 Å². The smallest absolute Gasteiger partial charge is 0.313 e. The summed E-state index contributed by atoms with van der Waals surface area (Å²) in [6, 6.07) is 0. The Bertz CT molecular complexity index is 1050. The lowest BCUT2D eigenvalue weighted by atomic mass is 9.33. The quantitative estimate of drug-likeness (QED) is 0.321. The normalized spacial score (nSPS) is 48.4. The van der Waals surface area contributed by atoms with E-state index in [1.807, 2.05) is 0 Å². The van der Waals surface area contributed by atoms with Crippen LogP contribution in [0.3, 0.4) is 0 Å². The van der Waals surface area contributed by atoms with Crippen LogP contribution in [0.25, 0.3) is 0 Å². The molecule has 4 fully saturated rings. The van der Waals surface area contributed by atoms with Crippen molar-refractivity contribution in [2.24, 2.45) is 56.7 Å². The summed E-state index contributed by atoms with van der Waals surface area (Å²) in [7, 11) is 3.42. The van der Waals surface area contributed by atoms with Crippen molar-refractivity contribution in [2.45, 2.75) is 112 Å². The molecular weight excluding hydrogens is 486 g/mol. The summed E-state index contributed by atoms with van der Waals surface area (Å²) in [5, 5.41) is 11.0. The number of carbonyl (C=O) groups is 2. The van der Waals surface area contributed by atoms with Crippen LogP contribution in [-0.2, 0) is 14.3 Å². The average Bonchev–Trinajstić information content (AvgIpc) is 2.87. The molecule has 5 rings (SSSR count). The lowest BCUT2D eigenvalue weighted by Gasteiger charge is -2.71. The molecule has 10 atom stereocenters. The van der Waals surface area contributed by atoms with Crippen LogP contribution in [0.15, 0.2) is 11.6 Å². The minimum Gasteiger partial charge on any atom is -0.455 e. The number of allylic oxidation sites excluding steroid dienone is 2. The number of carbonyl (C=O) groups excluding carboxylic acids is 2. The number of aliphatic hydroxyl groups is 1. The molecule has 0 aromatic rings. The first kappa shape index (κ1) is 29.1. The van der Waals surface area contributed by atoms with E-state index in [-0.39, 0.29) is 52.2 Å². The molecular formula is C34H55NO4. The van der Waals surface area contributed by atoms with Crippen molar-refractivity contribution in [1.82, 2.24) is 4.90 Å². The van der Waals surface area contributed by atoms with Crippen molar-refractivity contribution in [3.63, 3.8) is 0 Å². The summed E-state index contributed by atoms with van der Waals surface area (Å²) < 4.78 is 5.83. The highest BCUT2D eigenvalue weighted by atomic mass is 16.5. The van der Waals surface area contributed by atoms with Crippen molar-refractivity contribution < 1.29 is 19.4 Å². The maximum Gasteiger partial charge on any atom is 0.313 e. The lowest BCUT2D eigenvalue weighted by molar-refractivity contribution is -0.207. The zero-order chi connectivity index (χ0) is 28.8. The van der Waals surface area contributed by atoms with Gasteiger partial charge in [-0.2, -0.15) is 0 Å². The van der Waals surface area contributed by atoms with E-state index in [0.29, 0.717) is 23.7 Å². The third-order valence-corrected chi connectivity index (χ3v) is 14.2. The maximum atomic E-state index is 14.0. The molecule has 5 aliphatic carbocycles. The minimum atomic E-state index is -0.523. The lowest BCUT2D eigenvalue weighted by Crippen LogP contribution is -2.65. The fourth-order valence-electron chi connectivity index (χ4n) is 11.2. The van der Waals surface area contributed by atoms with Crippen LogP contribution in [0.1, 0.15) is 106 Å².